The fourth-order valence-corrected chi connectivity index (χ4v) is 4.41. The number of hydrazine groups is 1. The molecule has 2 saturated heterocycles. The van der Waals surface area contributed by atoms with E-state index in [-0.39, 0.29) is 29.9 Å². The van der Waals surface area contributed by atoms with Crippen molar-refractivity contribution in [3.05, 3.63) is 65.0 Å². The Bertz CT molecular complexity index is 1140. The van der Waals surface area contributed by atoms with Crippen LogP contribution in [0.15, 0.2) is 42.5 Å². The van der Waals surface area contributed by atoms with E-state index < -0.39 is 23.8 Å². The number of amides is 5. The SMILES string of the molecule is O=C1CCN(N2C(=O)c3ccc(CN4CCN(c5ccc(F)cc5)CC4)cc3C2=O)C(=O)N1. The molecule has 3 aliphatic heterocycles. The van der Waals surface area contributed by atoms with Crippen LogP contribution < -0.4 is 10.2 Å². The summed E-state index contributed by atoms with van der Waals surface area (Å²) in [5, 5.41) is 3.93. The molecule has 3 aliphatic rings. The van der Waals surface area contributed by atoms with Gasteiger partial charge in [0, 0.05) is 44.8 Å². The highest BCUT2D eigenvalue weighted by Crippen LogP contribution is 2.27. The van der Waals surface area contributed by atoms with E-state index in [9.17, 15) is 23.6 Å². The van der Waals surface area contributed by atoms with Crippen LogP contribution in [0.1, 0.15) is 32.7 Å². The summed E-state index contributed by atoms with van der Waals surface area (Å²) in [5.74, 6) is -1.83. The van der Waals surface area contributed by atoms with Gasteiger partial charge in [0.2, 0.25) is 5.91 Å². The van der Waals surface area contributed by atoms with Crippen LogP contribution in [0.4, 0.5) is 14.9 Å². The first kappa shape index (κ1) is 21.1. The van der Waals surface area contributed by atoms with Gasteiger partial charge in [-0.1, -0.05) is 6.07 Å². The van der Waals surface area contributed by atoms with Crippen molar-refractivity contribution >= 4 is 29.4 Å². The molecule has 10 heteroatoms. The first-order valence-electron chi connectivity index (χ1n) is 10.8. The van der Waals surface area contributed by atoms with E-state index in [4.69, 9.17) is 0 Å². The standard InChI is InChI=1S/C23H22FN5O4/c24-16-2-4-17(5-3-16)27-11-9-26(10-12-27)14-15-1-6-18-19(13-15)22(32)29(21(18)31)28-8-7-20(30)25-23(28)33/h1-6,13H,7-12,14H2,(H,25,30,33). The van der Waals surface area contributed by atoms with Crippen molar-refractivity contribution in [2.24, 2.45) is 0 Å². The second-order valence-corrected chi connectivity index (χ2v) is 8.27. The fraction of sp³-hybridized carbons (Fsp3) is 0.304. The Kier molecular flexibility index (Phi) is 5.29. The number of piperazine rings is 1. The highest BCUT2D eigenvalue weighted by Gasteiger charge is 2.43. The topological polar surface area (TPSA) is 93.3 Å². The minimum absolute atomic E-state index is 0.0221. The van der Waals surface area contributed by atoms with Gasteiger partial charge in [-0.25, -0.2) is 14.2 Å². The van der Waals surface area contributed by atoms with Crippen molar-refractivity contribution < 1.29 is 23.6 Å². The number of hydrogen-bond acceptors (Lipinski definition) is 6. The van der Waals surface area contributed by atoms with Crippen LogP contribution in [0.5, 0.6) is 0 Å². The molecule has 0 atom stereocenters. The number of nitrogens with zero attached hydrogens (tertiary/aromatic N) is 4. The molecule has 1 N–H and O–H groups in total. The minimum atomic E-state index is -0.778. The molecule has 0 unspecified atom stereocenters. The second kappa shape index (κ2) is 8.28. The Morgan fingerprint density at radius 3 is 2.21 bits per heavy atom. The van der Waals surface area contributed by atoms with Crippen LogP contribution in [0.3, 0.4) is 0 Å². The van der Waals surface area contributed by atoms with E-state index in [1.54, 1.807) is 24.3 Å². The van der Waals surface area contributed by atoms with Crippen molar-refractivity contribution in [3.8, 4) is 0 Å². The lowest BCUT2D eigenvalue weighted by Crippen LogP contribution is -2.58. The molecule has 2 aromatic rings. The minimum Gasteiger partial charge on any atom is -0.369 e. The maximum atomic E-state index is 13.2. The molecule has 170 valence electrons. The average molecular weight is 451 g/mol. The quantitative estimate of drug-likeness (QED) is 0.710. The number of hydrogen-bond donors (Lipinski definition) is 1. The van der Waals surface area contributed by atoms with Crippen molar-refractivity contribution in [2.75, 3.05) is 37.6 Å². The van der Waals surface area contributed by atoms with Crippen LogP contribution in [-0.2, 0) is 11.3 Å². The van der Waals surface area contributed by atoms with Crippen LogP contribution in [-0.4, -0.2) is 71.4 Å². The zero-order chi connectivity index (χ0) is 23.1. The summed E-state index contributed by atoms with van der Waals surface area (Å²) < 4.78 is 13.2. The zero-order valence-electron chi connectivity index (χ0n) is 17.8. The zero-order valence-corrected chi connectivity index (χ0v) is 17.8. The molecule has 9 nitrogen and oxygen atoms in total. The number of nitrogens with one attached hydrogen (secondary N) is 1. The van der Waals surface area contributed by atoms with Gasteiger partial charge in [0.15, 0.2) is 0 Å². The molecular formula is C23H22FN5O4. The third kappa shape index (κ3) is 3.93. The van der Waals surface area contributed by atoms with Gasteiger partial charge in [-0.3, -0.25) is 24.6 Å². The molecular weight excluding hydrogens is 429 g/mol. The Labute approximate surface area is 189 Å². The first-order chi connectivity index (χ1) is 15.9. The van der Waals surface area contributed by atoms with Crippen LogP contribution >= 0.6 is 0 Å². The Morgan fingerprint density at radius 2 is 1.52 bits per heavy atom. The third-order valence-electron chi connectivity index (χ3n) is 6.17. The lowest BCUT2D eigenvalue weighted by atomic mass is 10.1. The highest BCUT2D eigenvalue weighted by molar-refractivity contribution is 6.22. The van der Waals surface area contributed by atoms with E-state index in [1.165, 1.54) is 12.1 Å². The Balaban J connectivity index is 1.25. The first-order valence-corrected chi connectivity index (χ1v) is 10.8. The largest absolute Gasteiger partial charge is 0.369 e. The van der Waals surface area contributed by atoms with Gasteiger partial charge < -0.3 is 4.90 Å². The number of urea groups is 1. The summed E-state index contributed by atoms with van der Waals surface area (Å²) in [4.78, 5) is 53.7. The smallest absolute Gasteiger partial charge is 0.343 e. The van der Waals surface area contributed by atoms with Crippen molar-refractivity contribution in [1.82, 2.24) is 20.2 Å². The Morgan fingerprint density at radius 1 is 0.818 bits per heavy atom. The molecule has 2 fully saturated rings. The van der Waals surface area contributed by atoms with Crippen molar-refractivity contribution in [3.63, 3.8) is 0 Å². The lowest BCUT2D eigenvalue weighted by molar-refractivity contribution is -0.122. The highest BCUT2D eigenvalue weighted by atomic mass is 19.1. The van der Waals surface area contributed by atoms with E-state index >= 15 is 0 Å². The summed E-state index contributed by atoms with van der Waals surface area (Å²) in [5.41, 5.74) is 2.38. The van der Waals surface area contributed by atoms with Gasteiger partial charge in [-0.15, -0.1) is 0 Å². The third-order valence-corrected chi connectivity index (χ3v) is 6.17. The molecule has 5 rings (SSSR count). The van der Waals surface area contributed by atoms with Gasteiger partial charge in [0.1, 0.15) is 5.82 Å². The fourth-order valence-electron chi connectivity index (χ4n) is 4.41. The maximum absolute atomic E-state index is 13.2. The van der Waals surface area contributed by atoms with E-state index in [0.717, 1.165) is 47.4 Å². The van der Waals surface area contributed by atoms with E-state index in [0.29, 0.717) is 6.54 Å². The van der Waals surface area contributed by atoms with Gasteiger partial charge in [-0.05, 0) is 42.0 Å². The number of carbonyl (C=O) groups is 4. The van der Waals surface area contributed by atoms with Gasteiger partial charge in [0.05, 0.1) is 17.7 Å². The molecule has 2 aromatic carbocycles. The summed E-state index contributed by atoms with van der Waals surface area (Å²) in [6.07, 6.45) is 0.0221. The number of imide groups is 2. The molecule has 33 heavy (non-hydrogen) atoms. The number of halogens is 1. The number of benzene rings is 2. The van der Waals surface area contributed by atoms with Gasteiger partial charge in [-0.2, -0.15) is 5.01 Å². The normalized spacial score (nSPS) is 19.2. The number of rotatable bonds is 4. The lowest BCUT2D eigenvalue weighted by Gasteiger charge is -2.36. The molecule has 5 amide bonds. The summed E-state index contributed by atoms with van der Waals surface area (Å²) in [6, 6.07) is 10.8. The van der Waals surface area contributed by atoms with E-state index in [2.05, 4.69) is 15.1 Å². The maximum Gasteiger partial charge on any atom is 0.343 e. The predicted molar refractivity (Wildman–Crippen MR) is 116 cm³/mol. The van der Waals surface area contributed by atoms with Gasteiger partial charge >= 0.3 is 6.03 Å². The summed E-state index contributed by atoms with van der Waals surface area (Å²) >= 11 is 0. The monoisotopic (exact) mass is 451 g/mol. The average Bonchev–Trinajstić information content (AvgIpc) is 3.05. The van der Waals surface area contributed by atoms with Crippen molar-refractivity contribution in [2.45, 2.75) is 13.0 Å². The molecule has 3 heterocycles. The van der Waals surface area contributed by atoms with Crippen LogP contribution in [0.25, 0.3) is 0 Å². The number of carbonyl (C=O) groups excluding carboxylic acids is 4. The second-order valence-electron chi connectivity index (χ2n) is 8.27. The molecule has 0 aliphatic carbocycles. The molecule has 0 spiro atoms. The Hall–Kier alpha value is -3.79. The van der Waals surface area contributed by atoms with Crippen molar-refractivity contribution in [1.29, 1.82) is 0 Å². The van der Waals surface area contributed by atoms with E-state index in [1.807, 2.05) is 6.07 Å². The van der Waals surface area contributed by atoms with Crippen LogP contribution in [0, 0.1) is 5.82 Å². The molecule has 0 saturated carbocycles. The predicted octanol–water partition coefficient (Wildman–Crippen LogP) is 1.60. The molecule has 0 radical (unpaired) electrons. The van der Waals surface area contributed by atoms with Crippen LogP contribution in [0.2, 0.25) is 0 Å². The van der Waals surface area contributed by atoms with Gasteiger partial charge in [0.25, 0.3) is 11.8 Å². The number of anilines is 1. The summed E-state index contributed by atoms with van der Waals surface area (Å²) in [6.45, 7) is 3.78. The molecule has 0 aromatic heterocycles. The number of fused-ring (bicyclic) bond motifs is 1. The molecule has 0 bridgehead atoms. The summed E-state index contributed by atoms with van der Waals surface area (Å²) in [7, 11) is 0.